The summed E-state index contributed by atoms with van der Waals surface area (Å²) in [5.74, 6) is 0.595. The molecule has 1 aromatic rings. The highest BCUT2D eigenvalue weighted by Crippen LogP contribution is 2.27. The number of alkyl halides is 1. The lowest BCUT2D eigenvalue weighted by molar-refractivity contribution is 0.0209. The first-order valence-corrected chi connectivity index (χ1v) is 8.03. The molecular formula is C16H23ClN2O. The first kappa shape index (κ1) is 14.2. The molecule has 20 heavy (non-hydrogen) atoms. The number of hydrogen-bond donors (Lipinski definition) is 0. The van der Waals surface area contributed by atoms with Crippen LogP contribution >= 0.6 is 11.6 Å². The summed E-state index contributed by atoms with van der Waals surface area (Å²) in [6.07, 6.45) is 1.26. The maximum Gasteiger partial charge on any atom is 0.0594 e. The van der Waals surface area contributed by atoms with Crippen molar-refractivity contribution in [2.75, 3.05) is 44.3 Å². The van der Waals surface area contributed by atoms with Crippen LogP contribution in [-0.4, -0.2) is 50.3 Å². The van der Waals surface area contributed by atoms with E-state index in [1.165, 1.54) is 23.2 Å². The van der Waals surface area contributed by atoms with Gasteiger partial charge in [0.1, 0.15) is 0 Å². The predicted molar refractivity (Wildman–Crippen MR) is 83.7 cm³/mol. The molecule has 2 aliphatic heterocycles. The Labute approximate surface area is 126 Å². The average molecular weight is 295 g/mol. The van der Waals surface area contributed by atoms with Crippen LogP contribution in [-0.2, 0) is 10.6 Å². The van der Waals surface area contributed by atoms with Crippen LogP contribution in [0.5, 0.6) is 0 Å². The molecule has 0 bridgehead atoms. The van der Waals surface area contributed by atoms with E-state index in [2.05, 4.69) is 34.9 Å². The van der Waals surface area contributed by atoms with Crippen molar-refractivity contribution in [1.82, 2.24) is 4.90 Å². The van der Waals surface area contributed by atoms with Crippen molar-refractivity contribution in [2.24, 2.45) is 0 Å². The first-order valence-electron chi connectivity index (χ1n) is 7.50. The standard InChI is InChI=1S/C16H23ClN2O/c1-13-10-14(11-17)2-3-16(13)19-5-4-15(12-19)18-6-8-20-9-7-18/h2-3,10,15H,4-9,11-12H2,1H3. The van der Waals surface area contributed by atoms with Gasteiger partial charge in [0, 0.05) is 43.8 Å². The summed E-state index contributed by atoms with van der Waals surface area (Å²) in [5.41, 5.74) is 3.91. The van der Waals surface area contributed by atoms with Gasteiger partial charge in [-0.15, -0.1) is 11.6 Å². The number of ether oxygens (including phenoxy) is 1. The van der Waals surface area contributed by atoms with E-state index in [1.807, 2.05) is 0 Å². The largest absolute Gasteiger partial charge is 0.379 e. The van der Waals surface area contributed by atoms with Gasteiger partial charge in [0.15, 0.2) is 0 Å². The summed E-state index contributed by atoms with van der Waals surface area (Å²) >= 11 is 5.90. The SMILES string of the molecule is Cc1cc(CCl)ccc1N1CCC(N2CCOCC2)C1. The molecule has 2 heterocycles. The molecule has 0 saturated carbocycles. The summed E-state index contributed by atoms with van der Waals surface area (Å²) in [7, 11) is 0. The van der Waals surface area contributed by atoms with Gasteiger partial charge in [-0.3, -0.25) is 4.90 Å². The van der Waals surface area contributed by atoms with Crippen molar-refractivity contribution in [3.8, 4) is 0 Å². The molecule has 1 aromatic carbocycles. The maximum absolute atomic E-state index is 5.90. The predicted octanol–water partition coefficient (Wildman–Crippen LogP) is 2.64. The van der Waals surface area contributed by atoms with Gasteiger partial charge < -0.3 is 9.64 Å². The molecule has 0 aliphatic carbocycles. The summed E-state index contributed by atoms with van der Waals surface area (Å²) in [6, 6.07) is 7.28. The van der Waals surface area contributed by atoms with Crippen LogP contribution in [0.3, 0.4) is 0 Å². The zero-order valence-electron chi connectivity index (χ0n) is 12.1. The number of hydrogen-bond acceptors (Lipinski definition) is 3. The van der Waals surface area contributed by atoms with Crippen molar-refractivity contribution >= 4 is 17.3 Å². The van der Waals surface area contributed by atoms with Gasteiger partial charge >= 0.3 is 0 Å². The topological polar surface area (TPSA) is 15.7 Å². The van der Waals surface area contributed by atoms with Crippen LogP contribution in [0, 0.1) is 6.92 Å². The van der Waals surface area contributed by atoms with Crippen molar-refractivity contribution in [1.29, 1.82) is 0 Å². The maximum atomic E-state index is 5.90. The van der Waals surface area contributed by atoms with Crippen molar-refractivity contribution in [2.45, 2.75) is 25.3 Å². The molecule has 0 radical (unpaired) electrons. The van der Waals surface area contributed by atoms with E-state index in [9.17, 15) is 0 Å². The molecule has 2 fully saturated rings. The Hall–Kier alpha value is -0.770. The molecule has 0 spiro atoms. The van der Waals surface area contributed by atoms with Gasteiger partial charge in [0.2, 0.25) is 0 Å². The van der Waals surface area contributed by atoms with E-state index in [4.69, 9.17) is 16.3 Å². The molecule has 110 valence electrons. The quantitative estimate of drug-likeness (QED) is 0.797. The smallest absolute Gasteiger partial charge is 0.0594 e. The lowest BCUT2D eigenvalue weighted by Crippen LogP contribution is -2.44. The van der Waals surface area contributed by atoms with Crippen molar-refractivity contribution in [3.63, 3.8) is 0 Å². The summed E-state index contributed by atoms with van der Waals surface area (Å²) in [6.45, 7) is 8.43. The minimum absolute atomic E-state index is 0.595. The Bertz CT molecular complexity index is 460. The number of nitrogens with zero attached hydrogens (tertiary/aromatic N) is 2. The van der Waals surface area contributed by atoms with Gasteiger partial charge in [0.05, 0.1) is 13.2 Å². The molecule has 1 unspecified atom stereocenters. The van der Waals surface area contributed by atoms with Crippen molar-refractivity contribution in [3.05, 3.63) is 29.3 Å². The molecule has 1 atom stereocenters. The van der Waals surface area contributed by atoms with Crippen LogP contribution in [0.25, 0.3) is 0 Å². The van der Waals surface area contributed by atoms with Crippen LogP contribution in [0.2, 0.25) is 0 Å². The second-order valence-corrected chi connectivity index (χ2v) is 6.06. The van der Waals surface area contributed by atoms with E-state index >= 15 is 0 Å². The Morgan fingerprint density at radius 2 is 2.05 bits per heavy atom. The average Bonchev–Trinajstić information content (AvgIpc) is 2.97. The van der Waals surface area contributed by atoms with E-state index in [1.54, 1.807) is 0 Å². The zero-order chi connectivity index (χ0) is 13.9. The second-order valence-electron chi connectivity index (χ2n) is 5.79. The molecule has 3 nitrogen and oxygen atoms in total. The normalized spacial score (nSPS) is 24.3. The van der Waals surface area contributed by atoms with Crippen LogP contribution < -0.4 is 4.90 Å². The molecule has 0 aromatic heterocycles. The fraction of sp³-hybridized carbons (Fsp3) is 0.625. The Morgan fingerprint density at radius 1 is 1.25 bits per heavy atom. The van der Waals surface area contributed by atoms with Crippen molar-refractivity contribution < 1.29 is 4.74 Å². The first-order chi connectivity index (χ1) is 9.78. The van der Waals surface area contributed by atoms with Gasteiger partial charge in [-0.2, -0.15) is 0 Å². The zero-order valence-corrected chi connectivity index (χ0v) is 12.9. The fourth-order valence-electron chi connectivity index (χ4n) is 3.36. The molecule has 2 saturated heterocycles. The number of rotatable bonds is 3. The minimum atomic E-state index is 0.595. The van der Waals surface area contributed by atoms with Gasteiger partial charge in [-0.05, 0) is 30.5 Å². The van der Waals surface area contributed by atoms with E-state index in [0.717, 1.165) is 39.4 Å². The van der Waals surface area contributed by atoms with E-state index in [0.29, 0.717) is 11.9 Å². The number of aryl methyl sites for hydroxylation is 1. The summed E-state index contributed by atoms with van der Waals surface area (Å²) in [4.78, 5) is 5.11. The monoisotopic (exact) mass is 294 g/mol. The van der Waals surface area contributed by atoms with E-state index < -0.39 is 0 Å². The second kappa shape index (κ2) is 6.33. The number of anilines is 1. The molecule has 4 heteroatoms. The molecule has 2 aliphatic rings. The highest BCUT2D eigenvalue weighted by Gasteiger charge is 2.29. The lowest BCUT2D eigenvalue weighted by Gasteiger charge is -2.32. The summed E-state index contributed by atoms with van der Waals surface area (Å²) < 4.78 is 5.45. The highest BCUT2D eigenvalue weighted by molar-refractivity contribution is 6.17. The Kier molecular flexibility index (Phi) is 4.49. The molecule has 0 N–H and O–H groups in total. The van der Waals surface area contributed by atoms with Gasteiger partial charge in [-0.1, -0.05) is 12.1 Å². The fourth-order valence-corrected chi connectivity index (χ4v) is 3.52. The third-order valence-corrected chi connectivity index (χ3v) is 4.79. The lowest BCUT2D eigenvalue weighted by atomic mass is 10.1. The minimum Gasteiger partial charge on any atom is -0.379 e. The van der Waals surface area contributed by atoms with Crippen LogP contribution in [0.1, 0.15) is 17.5 Å². The number of benzene rings is 1. The Morgan fingerprint density at radius 3 is 2.75 bits per heavy atom. The van der Waals surface area contributed by atoms with Gasteiger partial charge in [0.25, 0.3) is 0 Å². The summed E-state index contributed by atoms with van der Waals surface area (Å²) in [5, 5.41) is 0. The molecule has 3 rings (SSSR count). The number of morpholine rings is 1. The third kappa shape index (κ3) is 2.95. The number of halogens is 1. The Balaban J connectivity index is 1.67. The molecule has 0 amide bonds. The van der Waals surface area contributed by atoms with E-state index in [-0.39, 0.29) is 0 Å². The molecular weight excluding hydrogens is 272 g/mol. The van der Waals surface area contributed by atoms with Gasteiger partial charge in [-0.25, -0.2) is 0 Å². The highest BCUT2D eigenvalue weighted by atomic mass is 35.5. The van der Waals surface area contributed by atoms with Crippen LogP contribution in [0.15, 0.2) is 18.2 Å². The third-order valence-electron chi connectivity index (χ3n) is 4.48. The van der Waals surface area contributed by atoms with Crippen LogP contribution in [0.4, 0.5) is 5.69 Å².